The van der Waals surface area contributed by atoms with Gasteiger partial charge in [-0.15, -0.1) is 12.4 Å². The lowest BCUT2D eigenvalue weighted by molar-refractivity contribution is 0.255. The lowest BCUT2D eigenvalue weighted by Crippen LogP contribution is -2.31. The van der Waals surface area contributed by atoms with Crippen molar-refractivity contribution in [3.8, 4) is 0 Å². The Labute approximate surface area is 120 Å². The Balaban J connectivity index is 0.00000324. The highest BCUT2D eigenvalue weighted by Gasteiger charge is 2.16. The Morgan fingerprint density at radius 3 is 2.05 bits per heavy atom. The molecule has 0 aliphatic carbocycles. The molecule has 0 saturated carbocycles. The van der Waals surface area contributed by atoms with E-state index in [1.165, 1.54) is 4.90 Å². The number of hydrogen-bond acceptors (Lipinski definition) is 1. The molecule has 0 radical (unpaired) electrons. The maximum absolute atomic E-state index is 11.9. The number of hydrogen-bond donors (Lipinski definition) is 2. The topological polar surface area (TPSA) is 84.7 Å². The molecule has 6 heteroatoms. The summed E-state index contributed by atoms with van der Waals surface area (Å²) >= 11 is 0. The first kappa shape index (κ1) is 17.2. The van der Waals surface area contributed by atoms with Crippen LogP contribution in [0.2, 0.25) is 0 Å². The SMILES string of the molecule is CCc1cccc(CC)c1N(C)C(=O)N=C(N)N.Cl. The van der Waals surface area contributed by atoms with E-state index >= 15 is 0 Å². The Morgan fingerprint density at radius 2 is 1.68 bits per heavy atom. The van der Waals surface area contributed by atoms with Gasteiger partial charge in [0, 0.05) is 7.05 Å². The van der Waals surface area contributed by atoms with Crippen LogP contribution >= 0.6 is 12.4 Å². The number of urea groups is 1. The fraction of sp³-hybridized carbons (Fsp3) is 0.385. The van der Waals surface area contributed by atoms with Gasteiger partial charge in [0.25, 0.3) is 0 Å². The van der Waals surface area contributed by atoms with E-state index in [2.05, 4.69) is 18.8 Å². The van der Waals surface area contributed by atoms with Gasteiger partial charge in [-0.05, 0) is 24.0 Å². The Hall–Kier alpha value is -1.75. The number of para-hydroxylation sites is 1. The van der Waals surface area contributed by atoms with E-state index in [0.717, 1.165) is 29.7 Å². The molecular formula is C13H21ClN4O. The van der Waals surface area contributed by atoms with Gasteiger partial charge in [0.2, 0.25) is 0 Å². The molecule has 0 heterocycles. The number of rotatable bonds is 3. The molecule has 106 valence electrons. The number of nitrogens with two attached hydrogens (primary N) is 2. The number of guanidine groups is 1. The van der Waals surface area contributed by atoms with Crippen LogP contribution in [0.3, 0.4) is 0 Å². The van der Waals surface area contributed by atoms with Gasteiger partial charge in [0.1, 0.15) is 0 Å². The van der Waals surface area contributed by atoms with Crippen molar-refractivity contribution in [3.05, 3.63) is 29.3 Å². The number of halogens is 1. The maximum atomic E-state index is 11.9. The van der Waals surface area contributed by atoms with Gasteiger partial charge in [-0.2, -0.15) is 4.99 Å². The predicted molar refractivity (Wildman–Crippen MR) is 82.1 cm³/mol. The van der Waals surface area contributed by atoms with Crippen molar-refractivity contribution in [2.45, 2.75) is 26.7 Å². The molecule has 4 N–H and O–H groups in total. The summed E-state index contributed by atoms with van der Waals surface area (Å²) in [7, 11) is 1.68. The molecule has 0 fully saturated rings. The van der Waals surface area contributed by atoms with Crippen LogP contribution in [0.5, 0.6) is 0 Å². The van der Waals surface area contributed by atoms with Crippen molar-refractivity contribution < 1.29 is 4.79 Å². The van der Waals surface area contributed by atoms with E-state index in [0.29, 0.717) is 0 Å². The van der Waals surface area contributed by atoms with Crippen molar-refractivity contribution in [2.24, 2.45) is 16.5 Å². The quantitative estimate of drug-likeness (QED) is 0.658. The van der Waals surface area contributed by atoms with Crippen LogP contribution in [-0.2, 0) is 12.8 Å². The zero-order valence-corrected chi connectivity index (χ0v) is 12.3. The molecule has 2 amide bonds. The third kappa shape index (κ3) is 4.13. The summed E-state index contributed by atoms with van der Waals surface area (Å²) in [5.41, 5.74) is 13.6. The standard InChI is InChI=1S/C13H20N4O.ClH/c1-4-9-7-6-8-10(5-2)11(9)17(3)13(18)16-12(14)15;/h6-8H,4-5H2,1-3H3,(H4,14,15,16,18);1H. The van der Waals surface area contributed by atoms with E-state index in [4.69, 9.17) is 11.5 Å². The minimum Gasteiger partial charge on any atom is -0.370 e. The van der Waals surface area contributed by atoms with Crippen molar-refractivity contribution >= 4 is 30.1 Å². The van der Waals surface area contributed by atoms with Crippen LogP contribution in [-0.4, -0.2) is 19.0 Å². The molecule has 0 bridgehead atoms. The van der Waals surface area contributed by atoms with Crippen molar-refractivity contribution in [2.75, 3.05) is 11.9 Å². The first-order valence-corrected chi connectivity index (χ1v) is 5.99. The summed E-state index contributed by atoms with van der Waals surface area (Å²) in [5.74, 6) is -0.223. The van der Waals surface area contributed by atoms with Gasteiger partial charge >= 0.3 is 6.03 Å². The average Bonchev–Trinajstić information content (AvgIpc) is 2.35. The molecule has 1 aromatic carbocycles. The molecule has 1 rings (SSSR count). The highest BCUT2D eigenvalue weighted by molar-refractivity contribution is 6.00. The van der Waals surface area contributed by atoms with E-state index < -0.39 is 6.03 Å². The summed E-state index contributed by atoms with van der Waals surface area (Å²) in [6.45, 7) is 4.11. The van der Waals surface area contributed by atoms with Gasteiger partial charge in [0.15, 0.2) is 5.96 Å². The number of carbonyl (C=O) groups is 1. The van der Waals surface area contributed by atoms with Gasteiger partial charge in [-0.1, -0.05) is 32.0 Å². The van der Waals surface area contributed by atoms with E-state index in [1.807, 2.05) is 18.2 Å². The maximum Gasteiger partial charge on any atom is 0.350 e. The van der Waals surface area contributed by atoms with Crippen molar-refractivity contribution in [1.29, 1.82) is 0 Å². The third-order valence-corrected chi connectivity index (χ3v) is 2.81. The predicted octanol–water partition coefficient (Wildman–Crippen LogP) is 2.06. The second-order valence-electron chi connectivity index (χ2n) is 4.01. The number of amides is 2. The van der Waals surface area contributed by atoms with E-state index in [1.54, 1.807) is 7.05 Å². The molecule has 0 spiro atoms. The monoisotopic (exact) mass is 284 g/mol. The summed E-state index contributed by atoms with van der Waals surface area (Å²) in [5, 5.41) is 0. The van der Waals surface area contributed by atoms with Crippen LogP contribution in [0.25, 0.3) is 0 Å². The van der Waals surface area contributed by atoms with Crippen LogP contribution < -0.4 is 16.4 Å². The number of carbonyl (C=O) groups excluding carboxylic acids is 1. The molecule has 1 aromatic rings. The van der Waals surface area contributed by atoms with Crippen molar-refractivity contribution in [1.82, 2.24) is 0 Å². The summed E-state index contributed by atoms with van der Waals surface area (Å²) in [4.78, 5) is 16.9. The number of aliphatic imine (C=N–C) groups is 1. The van der Waals surface area contributed by atoms with Crippen LogP contribution in [0.1, 0.15) is 25.0 Å². The van der Waals surface area contributed by atoms with Gasteiger partial charge in [0.05, 0.1) is 5.69 Å². The van der Waals surface area contributed by atoms with E-state index in [9.17, 15) is 4.79 Å². The molecule has 0 atom stereocenters. The van der Waals surface area contributed by atoms with Gasteiger partial charge in [-0.3, -0.25) is 4.90 Å². The molecule has 0 aliphatic rings. The highest BCUT2D eigenvalue weighted by atomic mass is 35.5. The third-order valence-electron chi connectivity index (χ3n) is 2.81. The largest absolute Gasteiger partial charge is 0.370 e. The lowest BCUT2D eigenvalue weighted by Gasteiger charge is -2.21. The van der Waals surface area contributed by atoms with Crippen LogP contribution in [0.4, 0.5) is 10.5 Å². The second kappa shape index (κ2) is 7.63. The number of benzene rings is 1. The second-order valence-corrected chi connectivity index (χ2v) is 4.01. The minimum absolute atomic E-state index is 0. The van der Waals surface area contributed by atoms with E-state index in [-0.39, 0.29) is 18.4 Å². The zero-order valence-electron chi connectivity index (χ0n) is 11.5. The normalized spacial score (nSPS) is 9.42. The number of anilines is 1. The Morgan fingerprint density at radius 1 is 1.21 bits per heavy atom. The number of nitrogens with zero attached hydrogens (tertiary/aromatic N) is 2. The smallest absolute Gasteiger partial charge is 0.350 e. The molecule has 0 unspecified atom stereocenters. The van der Waals surface area contributed by atoms with Crippen LogP contribution in [0.15, 0.2) is 23.2 Å². The zero-order chi connectivity index (χ0) is 13.7. The van der Waals surface area contributed by atoms with Crippen molar-refractivity contribution in [3.63, 3.8) is 0 Å². The minimum atomic E-state index is -0.453. The molecule has 19 heavy (non-hydrogen) atoms. The summed E-state index contributed by atoms with van der Waals surface area (Å²) in [6, 6.07) is 5.56. The highest BCUT2D eigenvalue weighted by Crippen LogP contribution is 2.26. The molecule has 0 aromatic heterocycles. The first-order valence-electron chi connectivity index (χ1n) is 5.99. The molecular weight excluding hydrogens is 264 g/mol. The average molecular weight is 285 g/mol. The van der Waals surface area contributed by atoms with Crippen LogP contribution in [0, 0.1) is 0 Å². The summed E-state index contributed by atoms with van der Waals surface area (Å²) in [6.07, 6.45) is 1.70. The molecule has 5 nitrogen and oxygen atoms in total. The fourth-order valence-corrected chi connectivity index (χ4v) is 1.93. The first-order chi connectivity index (χ1) is 8.51. The Bertz CT molecular complexity index is 447. The Kier molecular flexibility index (Phi) is 6.93. The van der Waals surface area contributed by atoms with Gasteiger partial charge in [-0.25, -0.2) is 4.79 Å². The number of aryl methyl sites for hydroxylation is 2. The molecule has 0 saturated heterocycles. The summed E-state index contributed by atoms with van der Waals surface area (Å²) < 4.78 is 0. The molecule has 0 aliphatic heterocycles. The fourth-order valence-electron chi connectivity index (χ4n) is 1.93. The van der Waals surface area contributed by atoms with Gasteiger partial charge < -0.3 is 11.5 Å². The lowest BCUT2D eigenvalue weighted by atomic mass is 10.0.